The number of hydrogen-bond acceptors (Lipinski definition) is 0. The highest BCUT2D eigenvalue weighted by molar-refractivity contribution is 5.40. The summed E-state index contributed by atoms with van der Waals surface area (Å²) in [5.74, 6) is -1.22. The second kappa shape index (κ2) is 44.4. The molecule has 3 aliphatic carbocycles. The van der Waals surface area contributed by atoms with E-state index in [0.717, 1.165) is 154 Å². The smallest absolute Gasteiger partial charge is 0.171 e. The Labute approximate surface area is 742 Å². The Morgan fingerprint density at radius 2 is 0.757 bits per heavy atom. The van der Waals surface area contributed by atoms with Gasteiger partial charge in [0.2, 0.25) is 0 Å². The van der Waals surface area contributed by atoms with Crippen LogP contribution in [0.1, 0.15) is 393 Å². The zero-order valence-corrected chi connectivity index (χ0v) is 73.7. The van der Waals surface area contributed by atoms with Crippen LogP contribution >= 0.6 is 0 Å². The van der Waals surface area contributed by atoms with Crippen LogP contribution in [0.15, 0.2) is 146 Å². The van der Waals surface area contributed by atoms with Crippen molar-refractivity contribution in [2.45, 2.75) is 376 Å². The monoisotopic (exact) mass is 1610 g/mol. The van der Waals surface area contributed by atoms with Crippen LogP contribution in [-0.4, -0.2) is 12.4 Å². The van der Waals surface area contributed by atoms with Crippen LogP contribution in [0, 0.1) is 132 Å². The predicted molar refractivity (Wildman–Crippen MR) is 491 cm³/mol. The minimum atomic E-state index is -4.76. The molecule has 3 fully saturated rings. The molecule has 0 atom stereocenters. The van der Waals surface area contributed by atoms with Gasteiger partial charge >= 0.3 is 12.4 Å². The quantitative estimate of drug-likeness (QED) is 0.0898. The maximum absolute atomic E-state index is 13.3. The lowest BCUT2D eigenvalue weighted by Gasteiger charge is -2.43. The predicted octanol–water partition coefficient (Wildman–Crippen LogP) is 34.2. The fraction of sp³-hybridized carbons (Fsp3) is 0.560. The fourth-order valence-corrected chi connectivity index (χ4v) is 13.7. The van der Waals surface area contributed by atoms with Gasteiger partial charge in [-0.3, -0.25) is 0 Å². The molecule has 11 rings (SSSR count). The van der Waals surface area contributed by atoms with Crippen LogP contribution in [0.2, 0.25) is 0 Å². The van der Waals surface area contributed by atoms with Gasteiger partial charge < -0.3 is 0 Å². The molecule has 0 heterocycles. The largest absolute Gasteiger partial charge is 0.394 e. The molecule has 0 aliphatic heterocycles. The van der Waals surface area contributed by atoms with Crippen molar-refractivity contribution in [2.24, 2.45) is 22.2 Å². The molecule has 8 aromatic carbocycles. The Kier molecular flexibility index (Phi) is 24.1. The highest BCUT2D eigenvalue weighted by atomic mass is 19.4. The minimum absolute atomic E-state index is 0.00625. The van der Waals surface area contributed by atoms with Crippen LogP contribution in [0.4, 0.5) is 26.3 Å². The van der Waals surface area contributed by atoms with Crippen LogP contribution in [0.5, 0.6) is 0 Å². The van der Waals surface area contributed by atoms with Gasteiger partial charge in [-0.15, -0.1) is 0 Å². The second-order valence-electron chi connectivity index (χ2n) is 35.3. The van der Waals surface area contributed by atoms with Gasteiger partial charge in [-0.2, -0.15) is 26.3 Å². The number of rotatable bonds is 15. The van der Waals surface area contributed by atoms with Gasteiger partial charge in [0.05, 0.1) is 10.8 Å². The van der Waals surface area contributed by atoms with E-state index in [1.165, 1.54) is 70.2 Å². The summed E-state index contributed by atoms with van der Waals surface area (Å²) < 4.78 is 308. The number of hydrogen-bond donors (Lipinski definition) is 0. The number of aryl methyl sites for hydroxylation is 16. The van der Waals surface area contributed by atoms with Gasteiger partial charge in [-0.1, -0.05) is 301 Å². The van der Waals surface area contributed by atoms with Gasteiger partial charge in [0, 0.05) is 46.5 Å². The lowest BCUT2D eigenvalue weighted by atomic mass is 9.63. The van der Waals surface area contributed by atoms with E-state index >= 15 is 0 Å². The van der Waals surface area contributed by atoms with Gasteiger partial charge in [-0.05, 0) is 348 Å². The molecular formula is C109H158F6. The van der Waals surface area contributed by atoms with Crippen molar-refractivity contribution in [2.75, 3.05) is 0 Å². The topological polar surface area (TPSA) is 0 Å². The standard InChI is InChI=1S/C15H21F3.C15H22.C14H20.C14H22.C13H17F3.C13H18.C13H20.C12H18/c1-10-7-8-12(9-11(10)2)13(3,4)14(5,6)15(16,17)18;1-12-6-7-14(10-13(12)2)11-15(3)8-4-5-9-15;1-11-7-8-14(9-12(11)2)10-13-5-3-4-6-13;1-6-14(5,7-2)13-9-8-11(3)12(4)10-13;1-9-5-6-11(7-10(9)2)8-12(3,4)13(14,15)16;1-10-7-8-13(9-11(10)2)12-5-3-4-6-12;1-5-12(6-2)13-8-7-10(3)11(4)9-13;1-9-6-7-11(8-10(9)2)12(3,4)5/h7-9H,1-6H3;6-7,10H,4-5,8-9,11H2,1-3H3;7-9,13H,3-6,10H2,1-2H3;8-10H,6-7H2,1-5H3;5-7H,8H2,1-4H3;7-9,12H,3-6H2,1-2H3;7-9,12H,5-6H2,1-4H3;6-8H,1-5H3/i2*2D3;2D3,10D2;4D3;2D3,8D2;2D3,12D;4D3,12D;2D3. The molecule has 115 heavy (non-hydrogen) atoms. The van der Waals surface area contributed by atoms with Crippen molar-refractivity contribution in [1.29, 1.82) is 0 Å². The molecule has 0 unspecified atom stereocenters. The van der Waals surface area contributed by atoms with E-state index in [0.29, 0.717) is 73.9 Å². The molecular weight excluding hydrogens is 1420 g/mol. The van der Waals surface area contributed by atoms with Crippen LogP contribution in [-0.2, 0) is 35.4 Å². The third-order valence-corrected chi connectivity index (χ3v) is 24.3. The van der Waals surface area contributed by atoms with Crippen molar-refractivity contribution in [3.05, 3.63) is 279 Å². The molecule has 0 amide bonds. The van der Waals surface area contributed by atoms with Crippen LogP contribution in [0.3, 0.4) is 0 Å². The maximum Gasteiger partial charge on any atom is 0.394 e. The number of alkyl halides is 6. The van der Waals surface area contributed by atoms with Crippen molar-refractivity contribution >= 4 is 0 Å². The minimum Gasteiger partial charge on any atom is -0.171 e. The fourth-order valence-electron chi connectivity index (χ4n) is 13.7. The summed E-state index contributed by atoms with van der Waals surface area (Å²) in [5.41, 5.74) is 8.44. The van der Waals surface area contributed by atoms with E-state index in [1.54, 1.807) is 63.2 Å². The van der Waals surface area contributed by atoms with Crippen molar-refractivity contribution in [1.82, 2.24) is 0 Å². The summed E-state index contributed by atoms with van der Waals surface area (Å²) in [7, 11) is 0. The second-order valence-corrected chi connectivity index (χ2v) is 35.3. The van der Waals surface area contributed by atoms with Crippen LogP contribution in [0.25, 0.3) is 0 Å². The first-order valence-electron chi connectivity index (χ1n) is 56.3. The zero-order chi connectivity index (χ0) is 112. The third-order valence-electron chi connectivity index (χ3n) is 24.3. The Morgan fingerprint density at radius 1 is 0.400 bits per heavy atom. The highest BCUT2D eigenvalue weighted by Gasteiger charge is 2.57. The van der Waals surface area contributed by atoms with E-state index < -0.39 is 108 Å². The van der Waals surface area contributed by atoms with Crippen molar-refractivity contribution in [3.8, 4) is 0 Å². The van der Waals surface area contributed by atoms with E-state index in [9.17, 15) is 26.3 Å². The molecule has 0 N–H and O–H groups in total. The summed E-state index contributed by atoms with van der Waals surface area (Å²) in [6.45, 7) is 22.7. The lowest BCUT2D eigenvalue weighted by molar-refractivity contribution is -0.232. The SMILES string of the molecule is [2H]C([2H])([2H])c1cc(C(C)(C)C(C)(C)C(F)(F)F)ccc1C.[2H]C([2H])([2H])c1cc(C(C)(C)C)ccc1C.[2H]C([2H])([2H])c1cc(C(C)(CC)CC)ccc1C.[2H]C([2H])([2H])c1cc(C([2H])(CC)CC)ccc1C.[2H]C([2H])([2H])c1cc(C([2H])([2H])C(C)(C)C(F)(F)F)ccc1C.[2H]C([2H])([2H])c1cc(C([2H])([2H])C2CCCC2)ccc1C.[2H]C([2H])([2H])c1cc(C2([2H])CCCC2)ccc1C.[2H]C([2H])([2H])c1cc(CC2(C)CCCC2)ccc1C. The first-order valence-corrected chi connectivity index (χ1v) is 41.3. The Balaban J connectivity index is 0.000000346. The zero-order valence-electron chi connectivity index (χ0n) is 104. The first-order chi connectivity index (χ1) is 65.2. The number of halogens is 6. The first kappa shape index (κ1) is 62.5. The molecule has 3 saturated carbocycles. The summed E-state index contributed by atoms with van der Waals surface area (Å²) in [5, 5.41) is 0. The molecule has 0 aromatic heterocycles. The highest BCUT2D eigenvalue weighted by Crippen LogP contribution is 2.52. The summed E-state index contributed by atoms with van der Waals surface area (Å²) >= 11 is 0. The Morgan fingerprint density at radius 3 is 1.19 bits per heavy atom. The van der Waals surface area contributed by atoms with Crippen molar-refractivity contribution < 1.29 is 67.5 Å². The molecule has 0 radical (unpaired) electrons. The summed E-state index contributed by atoms with van der Waals surface area (Å²) in [4.78, 5) is 0. The molecule has 0 spiro atoms. The molecule has 636 valence electrons. The van der Waals surface area contributed by atoms with Gasteiger partial charge in [0.1, 0.15) is 0 Å². The summed E-state index contributed by atoms with van der Waals surface area (Å²) in [6, 6.07) is 41.5. The third kappa shape index (κ3) is 30.6. The lowest BCUT2D eigenvalue weighted by Crippen LogP contribution is -2.47. The van der Waals surface area contributed by atoms with Gasteiger partial charge in [0.25, 0.3) is 0 Å². The van der Waals surface area contributed by atoms with Gasteiger partial charge in [0.15, 0.2) is 0 Å². The average Bonchev–Trinajstić information content (AvgIpc) is 1.67. The van der Waals surface area contributed by atoms with Crippen LogP contribution < -0.4 is 0 Å². The molecule has 0 nitrogen and oxygen atoms in total. The van der Waals surface area contributed by atoms with E-state index in [-0.39, 0.29) is 39.0 Å². The van der Waals surface area contributed by atoms with E-state index in [4.69, 9.17) is 41.1 Å². The van der Waals surface area contributed by atoms with E-state index in [2.05, 4.69) is 60.6 Å². The molecule has 0 bridgehead atoms. The molecule has 6 heteroatoms. The van der Waals surface area contributed by atoms with Crippen molar-refractivity contribution in [3.63, 3.8) is 0 Å². The molecule has 8 aromatic rings. The normalized spacial score (nSPS) is 19.9. The summed E-state index contributed by atoms with van der Waals surface area (Å²) in [6.07, 6.45) is 4.02. The Hall–Kier alpha value is -6.66. The molecule has 0 saturated heterocycles. The molecule has 3 aliphatic rings. The maximum atomic E-state index is 13.3. The number of benzene rings is 8. The Bertz CT molecular complexity index is 5260. The average molecular weight is 1610 g/mol. The van der Waals surface area contributed by atoms with E-state index in [1.807, 2.05) is 108 Å². The van der Waals surface area contributed by atoms with Gasteiger partial charge in [-0.25, -0.2) is 0 Å².